The van der Waals surface area contributed by atoms with Crippen LogP contribution < -0.4 is 0 Å². The van der Waals surface area contributed by atoms with E-state index in [9.17, 15) is 9.18 Å². The highest BCUT2D eigenvalue weighted by Gasteiger charge is 2.30. The van der Waals surface area contributed by atoms with E-state index in [1.54, 1.807) is 6.07 Å². The highest BCUT2D eigenvalue weighted by molar-refractivity contribution is 5.77. The molecule has 3 heterocycles. The summed E-state index contributed by atoms with van der Waals surface area (Å²) in [4.78, 5) is 24.2. The number of benzene rings is 1. The van der Waals surface area contributed by atoms with Crippen molar-refractivity contribution in [2.45, 2.75) is 31.9 Å². The molecule has 6 nitrogen and oxygen atoms in total. The first kappa shape index (κ1) is 16.5. The van der Waals surface area contributed by atoms with Gasteiger partial charge in [0.15, 0.2) is 0 Å². The highest BCUT2D eigenvalue weighted by Crippen LogP contribution is 2.21. The van der Waals surface area contributed by atoms with Crippen molar-refractivity contribution in [3.8, 4) is 0 Å². The summed E-state index contributed by atoms with van der Waals surface area (Å²) in [5.41, 5.74) is 1.33. The number of rotatable bonds is 4. The molecular formula is C18H23FN4O2. The molecule has 1 aromatic carbocycles. The van der Waals surface area contributed by atoms with Crippen LogP contribution in [0.4, 0.5) is 4.39 Å². The van der Waals surface area contributed by atoms with E-state index in [0.717, 1.165) is 26.2 Å². The molecule has 7 heteroatoms. The minimum absolute atomic E-state index is 0.0346. The normalized spacial score (nSPS) is 21.5. The highest BCUT2D eigenvalue weighted by atomic mass is 19.1. The van der Waals surface area contributed by atoms with Gasteiger partial charge < -0.3 is 14.6 Å². The third-order valence-corrected chi connectivity index (χ3v) is 5.15. The van der Waals surface area contributed by atoms with E-state index in [0.29, 0.717) is 22.9 Å². The molecule has 2 aliphatic heterocycles. The molecule has 0 spiro atoms. The van der Waals surface area contributed by atoms with Gasteiger partial charge in [-0.05, 0) is 37.6 Å². The molecule has 2 fully saturated rings. The average molecular weight is 346 g/mol. The smallest absolute Gasteiger partial charge is 0.248 e. The second kappa shape index (κ2) is 7.09. The van der Waals surface area contributed by atoms with Crippen molar-refractivity contribution in [2.75, 3.05) is 32.8 Å². The third-order valence-electron chi connectivity index (χ3n) is 5.15. The number of carbonyl (C=O) groups excluding carboxylic acids is 1. The zero-order valence-corrected chi connectivity index (χ0v) is 14.2. The predicted molar refractivity (Wildman–Crippen MR) is 91.5 cm³/mol. The van der Waals surface area contributed by atoms with Crippen LogP contribution in [0.1, 0.15) is 25.1 Å². The fourth-order valence-electron chi connectivity index (χ4n) is 3.81. The van der Waals surface area contributed by atoms with Crippen LogP contribution in [0.5, 0.6) is 0 Å². The third kappa shape index (κ3) is 3.67. The molecule has 0 bridgehead atoms. The Morgan fingerprint density at radius 2 is 2.24 bits per heavy atom. The number of ether oxygens (including phenoxy) is 1. The van der Waals surface area contributed by atoms with Crippen molar-refractivity contribution in [3.63, 3.8) is 0 Å². The van der Waals surface area contributed by atoms with Crippen molar-refractivity contribution in [1.82, 2.24) is 19.8 Å². The lowest BCUT2D eigenvalue weighted by Gasteiger charge is -2.44. The maximum atomic E-state index is 13.2. The lowest BCUT2D eigenvalue weighted by molar-refractivity contribution is -0.140. The summed E-state index contributed by atoms with van der Waals surface area (Å²) in [6, 6.07) is 4.92. The molecular weight excluding hydrogens is 323 g/mol. The van der Waals surface area contributed by atoms with Gasteiger partial charge >= 0.3 is 0 Å². The second-order valence-corrected chi connectivity index (χ2v) is 6.86. The molecule has 134 valence electrons. The lowest BCUT2D eigenvalue weighted by Crippen LogP contribution is -2.56. The number of aromatic amines is 1. The van der Waals surface area contributed by atoms with E-state index in [4.69, 9.17) is 4.74 Å². The molecule has 2 aliphatic rings. The van der Waals surface area contributed by atoms with E-state index in [1.165, 1.54) is 31.4 Å². The fraction of sp³-hybridized carbons (Fsp3) is 0.556. The van der Waals surface area contributed by atoms with E-state index >= 15 is 0 Å². The first-order valence-electron chi connectivity index (χ1n) is 8.93. The number of imidazole rings is 1. The minimum atomic E-state index is -0.305. The second-order valence-electron chi connectivity index (χ2n) is 6.86. The summed E-state index contributed by atoms with van der Waals surface area (Å²) in [6.45, 7) is 3.99. The van der Waals surface area contributed by atoms with Gasteiger partial charge in [0, 0.05) is 25.7 Å². The van der Waals surface area contributed by atoms with Crippen LogP contribution in [0.3, 0.4) is 0 Å². The maximum absolute atomic E-state index is 13.2. The van der Waals surface area contributed by atoms with Crippen LogP contribution >= 0.6 is 0 Å². The maximum Gasteiger partial charge on any atom is 0.248 e. The zero-order chi connectivity index (χ0) is 17.2. The molecule has 4 rings (SSSR count). The molecule has 0 radical (unpaired) electrons. The monoisotopic (exact) mass is 346 g/mol. The lowest BCUT2D eigenvalue weighted by atomic mass is 9.99. The average Bonchev–Trinajstić information content (AvgIpc) is 3.03. The first-order chi connectivity index (χ1) is 12.2. The van der Waals surface area contributed by atoms with E-state index in [1.807, 2.05) is 4.90 Å². The Bertz CT molecular complexity index is 763. The molecule has 25 heavy (non-hydrogen) atoms. The largest absolute Gasteiger partial charge is 0.364 e. The molecule has 0 saturated carbocycles. The quantitative estimate of drug-likeness (QED) is 0.919. The van der Waals surface area contributed by atoms with Crippen LogP contribution in [0.25, 0.3) is 11.0 Å². The van der Waals surface area contributed by atoms with Gasteiger partial charge in [-0.2, -0.15) is 0 Å². The number of fused-ring (bicyclic) bond motifs is 2. The number of hydrogen-bond acceptors (Lipinski definition) is 4. The standard InChI is InChI=1S/C18H23FN4O2/c19-13-4-5-15-16(9-13)21-17(20-15)11-25-12-18(24)23-8-7-22-6-2-1-3-14(22)10-23/h4-5,9,14H,1-3,6-8,10-12H2,(H,20,21). The molecule has 1 N–H and O–H groups in total. The van der Waals surface area contributed by atoms with Crippen LogP contribution in [-0.2, 0) is 16.1 Å². The molecule has 2 saturated heterocycles. The molecule has 2 aromatic rings. The van der Waals surface area contributed by atoms with Gasteiger partial charge in [-0.3, -0.25) is 9.69 Å². The first-order valence-corrected chi connectivity index (χ1v) is 8.93. The minimum Gasteiger partial charge on any atom is -0.364 e. The van der Waals surface area contributed by atoms with Crippen molar-refractivity contribution >= 4 is 16.9 Å². The summed E-state index contributed by atoms with van der Waals surface area (Å²) in [6.07, 6.45) is 3.71. The van der Waals surface area contributed by atoms with Gasteiger partial charge in [0.2, 0.25) is 5.91 Å². The predicted octanol–water partition coefficient (Wildman–Crippen LogP) is 1.92. The molecule has 1 unspecified atom stereocenters. The number of H-pyrrole nitrogens is 1. The van der Waals surface area contributed by atoms with Crippen molar-refractivity contribution < 1.29 is 13.9 Å². The van der Waals surface area contributed by atoms with Crippen LogP contribution in [-0.4, -0.2) is 64.5 Å². The number of nitrogens with one attached hydrogen (secondary N) is 1. The van der Waals surface area contributed by atoms with Gasteiger partial charge in [0.05, 0.1) is 11.0 Å². The van der Waals surface area contributed by atoms with E-state index in [-0.39, 0.29) is 24.9 Å². The van der Waals surface area contributed by atoms with Crippen LogP contribution in [0, 0.1) is 5.82 Å². The Balaban J connectivity index is 1.28. The fourth-order valence-corrected chi connectivity index (χ4v) is 3.81. The summed E-state index contributed by atoms with van der Waals surface area (Å²) in [7, 11) is 0. The summed E-state index contributed by atoms with van der Waals surface area (Å²) in [5.74, 6) is 0.332. The molecule has 1 atom stereocenters. The van der Waals surface area contributed by atoms with Gasteiger partial charge in [-0.15, -0.1) is 0 Å². The SMILES string of the molecule is O=C(COCc1nc2ccc(F)cc2[nH]1)N1CCN2CCCCC2C1. The topological polar surface area (TPSA) is 61.5 Å². The number of piperidine rings is 1. The van der Waals surface area contributed by atoms with Crippen LogP contribution in [0.2, 0.25) is 0 Å². The van der Waals surface area contributed by atoms with E-state index < -0.39 is 0 Å². The number of piperazine rings is 1. The number of hydrogen-bond donors (Lipinski definition) is 1. The van der Waals surface area contributed by atoms with Gasteiger partial charge in [0.1, 0.15) is 24.9 Å². The Labute approximate surface area is 146 Å². The molecule has 0 aliphatic carbocycles. The Hall–Kier alpha value is -1.99. The van der Waals surface area contributed by atoms with Crippen molar-refractivity contribution in [2.24, 2.45) is 0 Å². The molecule has 1 amide bonds. The Morgan fingerprint density at radius 3 is 3.16 bits per heavy atom. The molecule has 1 aromatic heterocycles. The summed E-state index contributed by atoms with van der Waals surface area (Å²) >= 11 is 0. The Morgan fingerprint density at radius 1 is 1.32 bits per heavy atom. The number of amides is 1. The van der Waals surface area contributed by atoms with Gasteiger partial charge in [-0.1, -0.05) is 6.42 Å². The summed E-state index contributed by atoms with van der Waals surface area (Å²) < 4.78 is 18.7. The van der Waals surface area contributed by atoms with Crippen molar-refractivity contribution in [3.05, 3.63) is 29.8 Å². The summed E-state index contributed by atoms with van der Waals surface area (Å²) in [5, 5.41) is 0. The number of aromatic nitrogens is 2. The number of carbonyl (C=O) groups is 1. The Kier molecular flexibility index (Phi) is 4.67. The van der Waals surface area contributed by atoms with Gasteiger partial charge in [0.25, 0.3) is 0 Å². The van der Waals surface area contributed by atoms with Crippen molar-refractivity contribution in [1.29, 1.82) is 0 Å². The zero-order valence-electron chi connectivity index (χ0n) is 14.2. The number of halogens is 1. The van der Waals surface area contributed by atoms with Gasteiger partial charge in [-0.25, -0.2) is 9.37 Å². The number of nitrogens with zero attached hydrogens (tertiary/aromatic N) is 3. The van der Waals surface area contributed by atoms with Crippen LogP contribution in [0.15, 0.2) is 18.2 Å². The van der Waals surface area contributed by atoms with E-state index in [2.05, 4.69) is 14.9 Å².